The molecule has 0 saturated carbocycles. The normalized spacial score (nSPS) is 10.4. The average molecular weight is 375 g/mol. The highest BCUT2D eigenvalue weighted by Gasteiger charge is 2.13. The Morgan fingerprint density at radius 2 is 2.08 bits per heavy atom. The molecular weight excluding hydrogens is 364 g/mol. The monoisotopic (exact) mass is 374 g/mol. The fourth-order valence-electron chi connectivity index (χ4n) is 2.16. The maximum atomic E-state index is 11.1. The number of hydrogen-bond donors (Lipinski definition) is 0. The number of aromatic nitrogens is 1. The number of carbonyl (C=O) groups is 1. The van der Waals surface area contributed by atoms with E-state index in [0.717, 1.165) is 10.6 Å². The van der Waals surface area contributed by atoms with Crippen molar-refractivity contribution in [2.45, 2.75) is 6.61 Å². The minimum atomic E-state index is -0.562. The summed E-state index contributed by atoms with van der Waals surface area (Å²) >= 11 is 7.60. The number of rotatable bonds is 6. The maximum absolute atomic E-state index is 11.1. The quantitative estimate of drug-likeness (QED) is 0.353. The van der Waals surface area contributed by atoms with Crippen LogP contribution in [-0.4, -0.2) is 16.2 Å². The standard InChI is InChI=1S/C17H11ClN2O4S/c18-15-4-2-1-3-14(15)17-19-12(10-25-17)9-24-16-6-5-13(20(22)23)7-11(16)8-21/h1-8,10H,9H2. The Kier molecular flexibility index (Phi) is 5.06. The summed E-state index contributed by atoms with van der Waals surface area (Å²) in [6.07, 6.45) is 0.526. The van der Waals surface area contributed by atoms with Gasteiger partial charge in [-0.15, -0.1) is 11.3 Å². The summed E-state index contributed by atoms with van der Waals surface area (Å²) in [4.78, 5) is 25.8. The number of hydrogen-bond acceptors (Lipinski definition) is 6. The van der Waals surface area contributed by atoms with Crippen LogP contribution >= 0.6 is 22.9 Å². The van der Waals surface area contributed by atoms with Crippen LogP contribution in [0.1, 0.15) is 16.1 Å². The van der Waals surface area contributed by atoms with Gasteiger partial charge in [-0.25, -0.2) is 4.98 Å². The molecule has 0 aliphatic carbocycles. The van der Waals surface area contributed by atoms with E-state index in [-0.39, 0.29) is 23.6 Å². The van der Waals surface area contributed by atoms with Gasteiger partial charge in [0.05, 0.1) is 21.2 Å². The van der Waals surface area contributed by atoms with E-state index < -0.39 is 4.92 Å². The highest BCUT2D eigenvalue weighted by Crippen LogP contribution is 2.30. The molecule has 0 unspecified atom stereocenters. The van der Waals surface area contributed by atoms with Crippen LogP contribution in [0.2, 0.25) is 5.02 Å². The summed E-state index contributed by atoms with van der Waals surface area (Å²) in [5.74, 6) is 0.271. The lowest BCUT2D eigenvalue weighted by Gasteiger charge is -2.06. The number of thiazole rings is 1. The van der Waals surface area contributed by atoms with Gasteiger partial charge in [-0.05, 0) is 12.1 Å². The number of ether oxygens (including phenoxy) is 1. The molecule has 0 aliphatic heterocycles. The lowest BCUT2D eigenvalue weighted by Crippen LogP contribution is -1.99. The minimum absolute atomic E-state index is 0.121. The van der Waals surface area contributed by atoms with Crippen molar-refractivity contribution in [2.24, 2.45) is 0 Å². The second-order valence-corrected chi connectivity index (χ2v) is 6.27. The highest BCUT2D eigenvalue weighted by molar-refractivity contribution is 7.13. The molecule has 25 heavy (non-hydrogen) atoms. The zero-order valence-electron chi connectivity index (χ0n) is 12.7. The van der Waals surface area contributed by atoms with E-state index in [0.29, 0.717) is 17.0 Å². The second-order valence-electron chi connectivity index (χ2n) is 5.01. The number of nitrogens with zero attached hydrogens (tertiary/aromatic N) is 2. The van der Waals surface area contributed by atoms with E-state index in [1.165, 1.54) is 29.5 Å². The smallest absolute Gasteiger partial charge is 0.270 e. The molecule has 0 saturated heterocycles. The molecule has 3 aromatic rings. The van der Waals surface area contributed by atoms with Crippen molar-refractivity contribution < 1.29 is 14.5 Å². The molecule has 1 aromatic heterocycles. The van der Waals surface area contributed by atoms with Gasteiger partial charge in [0.2, 0.25) is 0 Å². The lowest BCUT2D eigenvalue weighted by molar-refractivity contribution is -0.384. The molecule has 0 N–H and O–H groups in total. The third kappa shape index (κ3) is 3.84. The number of carbonyl (C=O) groups excluding carboxylic acids is 1. The Hall–Kier alpha value is -2.77. The molecule has 0 atom stereocenters. The van der Waals surface area contributed by atoms with Gasteiger partial charge in [-0.1, -0.05) is 29.8 Å². The number of nitro benzene ring substituents is 1. The van der Waals surface area contributed by atoms with Gasteiger partial charge in [0.15, 0.2) is 6.29 Å². The molecule has 0 fully saturated rings. The molecule has 8 heteroatoms. The predicted molar refractivity (Wildman–Crippen MR) is 95.4 cm³/mol. The molecule has 6 nitrogen and oxygen atoms in total. The number of aldehydes is 1. The fourth-order valence-corrected chi connectivity index (χ4v) is 3.28. The summed E-state index contributed by atoms with van der Waals surface area (Å²) in [5.41, 5.74) is 1.47. The number of benzene rings is 2. The first kappa shape index (κ1) is 17.1. The van der Waals surface area contributed by atoms with E-state index in [1.54, 1.807) is 6.07 Å². The van der Waals surface area contributed by atoms with Crippen molar-refractivity contribution in [3.63, 3.8) is 0 Å². The van der Waals surface area contributed by atoms with Gasteiger partial charge < -0.3 is 4.74 Å². The predicted octanol–water partition coefficient (Wildman–Crippen LogP) is 4.76. The first-order valence-electron chi connectivity index (χ1n) is 7.14. The molecule has 1 heterocycles. The fraction of sp³-hybridized carbons (Fsp3) is 0.0588. The third-order valence-corrected chi connectivity index (χ3v) is 4.62. The van der Waals surface area contributed by atoms with Gasteiger partial charge in [0.25, 0.3) is 5.69 Å². The summed E-state index contributed by atoms with van der Waals surface area (Å²) in [7, 11) is 0. The van der Waals surface area contributed by atoms with Crippen molar-refractivity contribution in [2.75, 3.05) is 0 Å². The van der Waals surface area contributed by atoms with Gasteiger partial charge >= 0.3 is 0 Å². The topological polar surface area (TPSA) is 82.3 Å². The maximum Gasteiger partial charge on any atom is 0.270 e. The van der Waals surface area contributed by atoms with E-state index in [4.69, 9.17) is 16.3 Å². The largest absolute Gasteiger partial charge is 0.487 e. The van der Waals surface area contributed by atoms with Crippen molar-refractivity contribution in [3.8, 4) is 16.3 Å². The van der Waals surface area contributed by atoms with Crippen LogP contribution < -0.4 is 4.74 Å². The number of nitro groups is 1. The third-order valence-electron chi connectivity index (χ3n) is 3.36. The molecule has 0 amide bonds. The van der Waals surface area contributed by atoms with Gasteiger partial charge in [0, 0.05) is 23.1 Å². The molecule has 0 aliphatic rings. The highest BCUT2D eigenvalue weighted by atomic mass is 35.5. The summed E-state index contributed by atoms with van der Waals surface area (Å²) in [6.45, 7) is 0.138. The molecule has 0 radical (unpaired) electrons. The van der Waals surface area contributed by atoms with Crippen LogP contribution in [0.4, 0.5) is 5.69 Å². The van der Waals surface area contributed by atoms with Crippen LogP contribution in [0.15, 0.2) is 47.8 Å². The lowest BCUT2D eigenvalue weighted by atomic mass is 10.2. The van der Waals surface area contributed by atoms with Crippen LogP contribution in [0.3, 0.4) is 0 Å². The van der Waals surface area contributed by atoms with Crippen molar-refractivity contribution in [3.05, 3.63) is 74.2 Å². The van der Waals surface area contributed by atoms with Crippen molar-refractivity contribution in [1.29, 1.82) is 0 Å². The Labute approximate surface area is 151 Å². The Balaban J connectivity index is 1.76. The molecule has 126 valence electrons. The zero-order valence-corrected chi connectivity index (χ0v) is 14.3. The molecule has 0 bridgehead atoms. The number of non-ortho nitro benzene ring substituents is 1. The van der Waals surface area contributed by atoms with E-state index in [9.17, 15) is 14.9 Å². The summed E-state index contributed by atoms with van der Waals surface area (Å²) in [5, 5.41) is 14.0. The van der Waals surface area contributed by atoms with Gasteiger partial charge in [0.1, 0.15) is 17.4 Å². The van der Waals surface area contributed by atoms with Crippen molar-refractivity contribution in [1.82, 2.24) is 4.98 Å². The Morgan fingerprint density at radius 3 is 2.80 bits per heavy atom. The van der Waals surface area contributed by atoms with Gasteiger partial charge in [-0.3, -0.25) is 14.9 Å². The molecule has 3 rings (SSSR count). The van der Waals surface area contributed by atoms with Crippen LogP contribution in [0, 0.1) is 10.1 Å². The van der Waals surface area contributed by atoms with E-state index in [1.807, 2.05) is 23.6 Å². The van der Waals surface area contributed by atoms with Crippen LogP contribution in [-0.2, 0) is 6.61 Å². The molecule has 0 spiro atoms. The van der Waals surface area contributed by atoms with Gasteiger partial charge in [-0.2, -0.15) is 0 Å². The zero-order chi connectivity index (χ0) is 17.8. The minimum Gasteiger partial charge on any atom is -0.487 e. The van der Waals surface area contributed by atoms with E-state index in [2.05, 4.69) is 4.98 Å². The first-order chi connectivity index (χ1) is 12.1. The summed E-state index contributed by atoms with van der Waals surface area (Å²) < 4.78 is 5.59. The Bertz CT molecular complexity index is 942. The van der Waals surface area contributed by atoms with Crippen LogP contribution in [0.25, 0.3) is 10.6 Å². The molecule has 2 aromatic carbocycles. The summed E-state index contributed by atoms with van der Waals surface area (Å²) in [6, 6.07) is 11.3. The van der Waals surface area contributed by atoms with E-state index >= 15 is 0 Å². The molecular formula is C17H11ClN2O4S. The van der Waals surface area contributed by atoms with Crippen LogP contribution in [0.5, 0.6) is 5.75 Å². The average Bonchev–Trinajstić information content (AvgIpc) is 3.08. The Morgan fingerprint density at radius 1 is 1.28 bits per heavy atom. The number of halogens is 1. The SMILES string of the molecule is O=Cc1cc([N+](=O)[O-])ccc1OCc1csc(-c2ccccc2Cl)n1. The second kappa shape index (κ2) is 7.42. The van der Waals surface area contributed by atoms with Crippen molar-refractivity contribution >= 4 is 34.9 Å². The first-order valence-corrected chi connectivity index (χ1v) is 8.40.